The first-order valence-electron chi connectivity index (χ1n) is 5.00. The van der Waals surface area contributed by atoms with Gasteiger partial charge in [0.15, 0.2) is 0 Å². The van der Waals surface area contributed by atoms with E-state index in [9.17, 15) is 17.6 Å². The topological polar surface area (TPSA) is 79.0 Å². The van der Waals surface area contributed by atoms with E-state index in [-0.39, 0.29) is 11.4 Å². The number of thiazole rings is 1. The van der Waals surface area contributed by atoms with E-state index in [0.29, 0.717) is 10.2 Å². The molecule has 1 aromatic carbocycles. The van der Waals surface area contributed by atoms with Gasteiger partial charge in [-0.3, -0.25) is 4.79 Å². The quantitative estimate of drug-likeness (QED) is 0.865. The number of aromatic amines is 1. The fourth-order valence-corrected chi connectivity index (χ4v) is 3.32. The summed E-state index contributed by atoms with van der Waals surface area (Å²) in [5, 5.41) is 1.50. The third-order valence-corrected chi connectivity index (χ3v) is 4.85. The van der Waals surface area contributed by atoms with Crippen LogP contribution in [-0.2, 0) is 16.6 Å². The van der Waals surface area contributed by atoms with Crippen LogP contribution < -0.4 is 9.60 Å². The normalized spacial score (nSPS) is 11.7. The molecule has 0 spiro atoms. The Morgan fingerprint density at radius 3 is 2.74 bits per heavy atom. The molecule has 0 atom stereocenters. The third-order valence-electron chi connectivity index (χ3n) is 2.21. The lowest BCUT2D eigenvalue weighted by molar-refractivity contribution is 0.556. The first-order chi connectivity index (χ1) is 8.88. The maximum Gasteiger partial charge on any atom is 0.304 e. The average molecular weight is 367 g/mol. The minimum absolute atomic E-state index is 0.101. The van der Waals surface area contributed by atoms with Crippen molar-refractivity contribution < 1.29 is 12.8 Å². The molecule has 0 aliphatic carbocycles. The fraction of sp³-hybridized carbons (Fsp3) is 0.100. The minimum Gasteiger partial charge on any atom is -0.315 e. The maximum absolute atomic E-state index is 13.6. The molecule has 2 rings (SSSR count). The van der Waals surface area contributed by atoms with Gasteiger partial charge < -0.3 is 4.98 Å². The van der Waals surface area contributed by atoms with E-state index in [1.54, 1.807) is 0 Å². The van der Waals surface area contributed by atoms with Crippen molar-refractivity contribution in [1.82, 2.24) is 9.71 Å². The van der Waals surface area contributed by atoms with Crippen LogP contribution in [0.1, 0.15) is 5.69 Å². The van der Waals surface area contributed by atoms with E-state index in [2.05, 4.69) is 25.6 Å². The monoisotopic (exact) mass is 366 g/mol. The summed E-state index contributed by atoms with van der Waals surface area (Å²) in [6, 6.07) is 3.67. The number of nitrogens with one attached hydrogen (secondary N) is 2. The Labute approximate surface area is 120 Å². The Bertz CT molecular complexity index is 754. The predicted molar refractivity (Wildman–Crippen MR) is 73.1 cm³/mol. The lowest BCUT2D eigenvalue weighted by Gasteiger charge is -2.06. The lowest BCUT2D eigenvalue weighted by Crippen LogP contribution is -2.24. The van der Waals surface area contributed by atoms with Crippen LogP contribution in [0.25, 0.3) is 0 Å². The van der Waals surface area contributed by atoms with E-state index >= 15 is 0 Å². The highest BCUT2D eigenvalue weighted by atomic mass is 79.9. The Kier molecular flexibility index (Phi) is 4.19. The summed E-state index contributed by atoms with van der Waals surface area (Å²) in [6.07, 6.45) is 0. The summed E-state index contributed by atoms with van der Waals surface area (Å²) in [6.45, 7) is -0.101. The van der Waals surface area contributed by atoms with Crippen molar-refractivity contribution in [3.8, 4) is 0 Å². The van der Waals surface area contributed by atoms with Gasteiger partial charge in [-0.15, -0.1) is 0 Å². The zero-order valence-corrected chi connectivity index (χ0v) is 12.5. The number of benzene rings is 1. The lowest BCUT2D eigenvalue weighted by atomic mass is 10.3. The number of hydrogen-bond acceptors (Lipinski definition) is 4. The summed E-state index contributed by atoms with van der Waals surface area (Å²) in [5.74, 6) is -0.847. The Morgan fingerprint density at radius 1 is 1.42 bits per heavy atom. The van der Waals surface area contributed by atoms with Gasteiger partial charge in [-0.2, -0.15) is 0 Å². The van der Waals surface area contributed by atoms with Crippen LogP contribution in [0.4, 0.5) is 4.39 Å². The fourth-order valence-electron chi connectivity index (χ4n) is 1.34. The van der Waals surface area contributed by atoms with Gasteiger partial charge in [0.25, 0.3) is 0 Å². The van der Waals surface area contributed by atoms with Crippen molar-refractivity contribution in [1.29, 1.82) is 0 Å². The molecule has 19 heavy (non-hydrogen) atoms. The highest BCUT2D eigenvalue weighted by Crippen LogP contribution is 2.19. The second-order valence-electron chi connectivity index (χ2n) is 3.57. The van der Waals surface area contributed by atoms with Crippen molar-refractivity contribution in [2.75, 3.05) is 0 Å². The van der Waals surface area contributed by atoms with Gasteiger partial charge in [0.05, 0.1) is 6.54 Å². The molecular weight excluding hydrogens is 359 g/mol. The Balaban J connectivity index is 2.20. The molecule has 0 aliphatic rings. The molecule has 102 valence electrons. The van der Waals surface area contributed by atoms with Crippen molar-refractivity contribution in [2.45, 2.75) is 11.4 Å². The zero-order chi connectivity index (χ0) is 14.0. The van der Waals surface area contributed by atoms with Crippen molar-refractivity contribution in [3.63, 3.8) is 0 Å². The Hall–Kier alpha value is -1.03. The molecule has 1 heterocycles. The minimum atomic E-state index is -3.96. The van der Waals surface area contributed by atoms with E-state index in [1.807, 2.05) is 0 Å². The molecule has 0 amide bonds. The summed E-state index contributed by atoms with van der Waals surface area (Å²) >= 11 is 3.98. The van der Waals surface area contributed by atoms with Gasteiger partial charge in [0.1, 0.15) is 10.7 Å². The van der Waals surface area contributed by atoms with E-state index in [0.717, 1.165) is 23.5 Å². The first-order valence-corrected chi connectivity index (χ1v) is 8.15. The second kappa shape index (κ2) is 5.53. The van der Waals surface area contributed by atoms with Gasteiger partial charge in [-0.1, -0.05) is 27.3 Å². The van der Waals surface area contributed by atoms with E-state index < -0.39 is 20.7 Å². The highest BCUT2D eigenvalue weighted by Gasteiger charge is 2.19. The highest BCUT2D eigenvalue weighted by molar-refractivity contribution is 9.10. The summed E-state index contributed by atoms with van der Waals surface area (Å²) in [4.78, 5) is 12.6. The van der Waals surface area contributed by atoms with Crippen LogP contribution in [0.2, 0.25) is 0 Å². The molecule has 0 radical (unpaired) electrons. The van der Waals surface area contributed by atoms with E-state index in [4.69, 9.17) is 0 Å². The van der Waals surface area contributed by atoms with Crippen molar-refractivity contribution in [3.05, 3.63) is 49.2 Å². The first kappa shape index (κ1) is 14.4. The standard InChI is InChI=1S/C10H8BrFN2O3S2/c11-6-1-2-9(8(12)3-6)19(16,17)13-4-7-5-18-10(15)14-7/h1-3,5,13H,4H2,(H,14,15). The third kappa shape index (κ3) is 3.50. The van der Waals surface area contributed by atoms with Crippen LogP contribution in [0, 0.1) is 5.82 Å². The van der Waals surface area contributed by atoms with Gasteiger partial charge in [-0.05, 0) is 18.2 Å². The number of rotatable bonds is 4. The molecule has 0 bridgehead atoms. The molecule has 9 heteroatoms. The number of halogens is 2. The maximum atomic E-state index is 13.6. The predicted octanol–water partition coefficient (Wildman–Crippen LogP) is 1.82. The van der Waals surface area contributed by atoms with Gasteiger partial charge >= 0.3 is 4.87 Å². The molecule has 2 aromatic rings. The molecule has 0 saturated heterocycles. The molecule has 0 saturated carbocycles. The largest absolute Gasteiger partial charge is 0.315 e. The molecule has 0 unspecified atom stereocenters. The zero-order valence-electron chi connectivity index (χ0n) is 9.31. The van der Waals surface area contributed by atoms with Crippen LogP contribution in [0.3, 0.4) is 0 Å². The summed E-state index contributed by atoms with van der Waals surface area (Å²) in [7, 11) is -3.96. The van der Waals surface area contributed by atoms with Crippen LogP contribution in [0.5, 0.6) is 0 Å². The van der Waals surface area contributed by atoms with Crippen LogP contribution in [-0.4, -0.2) is 13.4 Å². The SMILES string of the molecule is O=c1[nH]c(CNS(=O)(=O)c2ccc(Br)cc2F)cs1. The molecule has 2 N–H and O–H groups in total. The van der Waals surface area contributed by atoms with Gasteiger partial charge in [0, 0.05) is 15.5 Å². The molecule has 0 fully saturated rings. The number of hydrogen-bond donors (Lipinski definition) is 2. The molecule has 5 nitrogen and oxygen atoms in total. The van der Waals surface area contributed by atoms with Crippen LogP contribution >= 0.6 is 27.3 Å². The van der Waals surface area contributed by atoms with Crippen molar-refractivity contribution in [2.24, 2.45) is 0 Å². The van der Waals surface area contributed by atoms with E-state index in [1.165, 1.54) is 11.4 Å². The van der Waals surface area contributed by atoms with Gasteiger partial charge in [0.2, 0.25) is 10.0 Å². The number of aromatic nitrogens is 1. The molecule has 0 aliphatic heterocycles. The number of H-pyrrole nitrogens is 1. The summed E-state index contributed by atoms with van der Waals surface area (Å²) < 4.78 is 40.0. The molecule has 1 aromatic heterocycles. The Morgan fingerprint density at radius 2 is 2.16 bits per heavy atom. The van der Waals surface area contributed by atoms with Crippen LogP contribution in [0.15, 0.2) is 37.7 Å². The molecular formula is C10H8BrFN2O3S2. The van der Waals surface area contributed by atoms with Crippen molar-refractivity contribution >= 4 is 37.3 Å². The average Bonchev–Trinajstić information content (AvgIpc) is 2.72. The smallest absolute Gasteiger partial charge is 0.304 e. The number of sulfonamides is 1. The van der Waals surface area contributed by atoms with Gasteiger partial charge in [-0.25, -0.2) is 17.5 Å². The summed E-state index contributed by atoms with van der Waals surface area (Å²) in [5.41, 5.74) is 0.427. The second-order valence-corrected chi connectivity index (χ2v) is 7.07.